The van der Waals surface area contributed by atoms with E-state index in [1.807, 2.05) is 0 Å². The number of aliphatic hydroxyl groups is 1. The lowest BCUT2D eigenvalue weighted by atomic mass is 10.2. The van der Waals surface area contributed by atoms with Crippen LogP contribution >= 0.6 is 12.4 Å². The fourth-order valence-electron chi connectivity index (χ4n) is 0.848. The lowest BCUT2D eigenvalue weighted by Crippen LogP contribution is -2.46. The van der Waals surface area contributed by atoms with Gasteiger partial charge in [-0.3, -0.25) is 0 Å². The Morgan fingerprint density at radius 2 is 2.40 bits per heavy atom. The standard InChI is InChI=1S/C6H13NO2.ClH/c1-5-4-9-6(3-8)2-7-5;/h5-8H,2-4H2,1H3;1H/t5?,6-;/m0./s1. The summed E-state index contributed by atoms with van der Waals surface area (Å²) < 4.78 is 5.23. The second-order valence-electron chi connectivity index (χ2n) is 2.45. The van der Waals surface area contributed by atoms with Crippen LogP contribution in [0.2, 0.25) is 0 Å². The highest BCUT2D eigenvalue weighted by molar-refractivity contribution is 5.85. The maximum atomic E-state index is 8.61. The summed E-state index contributed by atoms with van der Waals surface area (Å²) in [6.07, 6.45) is 0.0150. The molecule has 0 aromatic carbocycles. The summed E-state index contributed by atoms with van der Waals surface area (Å²) in [6.45, 7) is 3.68. The summed E-state index contributed by atoms with van der Waals surface area (Å²) >= 11 is 0. The number of hydrogen-bond acceptors (Lipinski definition) is 3. The molecular formula is C6H14ClNO2. The van der Waals surface area contributed by atoms with Gasteiger partial charge in [-0.1, -0.05) is 0 Å². The van der Waals surface area contributed by atoms with Crippen molar-refractivity contribution in [3.05, 3.63) is 0 Å². The molecule has 4 heteroatoms. The van der Waals surface area contributed by atoms with E-state index in [1.54, 1.807) is 0 Å². The molecule has 1 unspecified atom stereocenters. The molecule has 1 heterocycles. The molecular weight excluding hydrogens is 154 g/mol. The molecule has 0 aliphatic carbocycles. The summed E-state index contributed by atoms with van der Waals surface area (Å²) in [7, 11) is 0. The zero-order chi connectivity index (χ0) is 6.69. The zero-order valence-corrected chi connectivity index (χ0v) is 6.86. The summed E-state index contributed by atoms with van der Waals surface area (Å²) in [4.78, 5) is 0. The smallest absolute Gasteiger partial charge is 0.0930 e. The van der Waals surface area contributed by atoms with Crippen LogP contribution in [0.25, 0.3) is 0 Å². The van der Waals surface area contributed by atoms with Gasteiger partial charge < -0.3 is 15.2 Å². The van der Waals surface area contributed by atoms with Gasteiger partial charge in [0.25, 0.3) is 0 Å². The van der Waals surface area contributed by atoms with Gasteiger partial charge in [0.2, 0.25) is 0 Å². The van der Waals surface area contributed by atoms with E-state index in [1.165, 1.54) is 0 Å². The van der Waals surface area contributed by atoms with Crippen LogP contribution in [-0.2, 0) is 4.74 Å². The molecule has 62 valence electrons. The van der Waals surface area contributed by atoms with E-state index in [9.17, 15) is 0 Å². The van der Waals surface area contributed by atoms with E-state index in [2.05, 4.69) is 12.2 Å². The van der Waals surface area contributed by atoms with Gasteiger partial charge in [0, 0.05) is 12.6 Å². The largest absolute Gasteiger partial charge is 0.394 e. The molecule has 1 rings (SSSR count). The van der Waals surface area contributed by atoms with Crippen molar-refractivity contribution >= 4 is 12.4 Å². The molecule has 10 heavy (non-hydrogen) atoms. The van der Waals surface area contributed by atoms with Crippen molar-refractivity contribution in [1.29, 1.82) is 0 Å². The molecule has 0 aromatic rings. The highest BCUT2D eigenvalue weighted by Gasteiger charge is 2.15. The molecule has 1 fully saturated rings. The Bertz CT molecular complexity index is 83.8. The summed E-state index contributed by atoms with van der Waals surface area (Å²) in [5.74, 6) is 0. The minimum absolute atomic E-state index is 0. The molecule has 2 N–H and O–H groups in total. The molecule has 0 radical (unpaired) electrons. The van der Waals surface area contributed by atoms with Crippen molar-refractivity contribution in [2.45, 2.75) is 19.1 Å². The normalized spacial score (nSPS) is 33.0. The molecule has 0 saturated carbocycles. The zero-order valence-electron chi connectivity index (χ0n) is 6.04. The van der Waals surface area contributed by atoms with Crippen LogP contribution in [0.15, 0.2) is 0 Å². The second-order valence-corrected chi connectivity index (χ2v) is 2.45. The first kappa shape index (κ1) is 10.2. The van der Waals surface area contributed by atoms with Gasteiger partial charge in [-0.15, -0.1) is 12.4 Å². The third-order valence-corrected chi connectivity index (χ3v) is 1.48. The first-order chi connectivity index (χ1) is 4.33. The number of rotatable bonds is 1. The lowest BCUT2D eigenvalue weighted by molar-refractivity contribution is -0.0222. The van der Waals surface area contributed by atoms with E-state index in [-0.39, 0.29) is 25.1 Å². The number of ether oxygens (including phenoxy) is 1. The van der Waals surface area contributed by atoms with Crippen molar-refractivity contribution in [3.63, 3.8) is 0 Å². The Kier molecular flexibility index (Phi) is 4.99. The number of nitrogens with one attached hydrogen (secondary N) is 1. The van der Waals surface area contributed by atoms with Gasteiger partial charge in [0.15, 0.2) is 0 Å². The minimum atomic E-state index is 0. The third-order valence-electron chi connectivity index (χ3n) is 1.48. The van der Waals surface area contributed by atoms with Crippen LogP contribution in [0.5, 0.6) is 0 Å². The molecule has 0 spiro atoms. The average molecular weight is 168 g/mol. The molecule has 0 amide bonds. The maximum absolute atomic E-state index is 8.61. The van der Waals surface area contributed by atoms with Crippen molar-refractivity contribution in [3.8, 4) is 0 Å². The molecule has 1 aliphatic rings. The number of hydrogen-bond donors (Lipinski definition) is 2. The van der Waals surface area contributed by atoms with Crippen LogP contribution in [0.1, 0.15) is 6.92 Å². The van der Waals surface area contributed by atoms with Crippen LogP contribution in [0.4, 0.5) is 0 Å². The van der Waals surface area contributed by atoms with Gasteiger partial charge in [0.1, 0.15) is 0 Å². The lowest BCUT2D eigenvalue weighted by Gasteiger charge is -2.26. The number of halogens is 1. The molecule has 1 saturated heterocycles. The Labute approximate surface area is 67.2 Å². The Hall–Kier alpha value is 0.170. The number of morpholine rings is 1. The first-order valence-electron chi connectivity index (χ1n) is 3.28. The summed E-state index contributed by atoms with van der Waals surface area (Å²) in [6, 6.07) is 0.438. The van der Waals surface area contributed by atoms with E-state index in [0.29, 0.717) is 12.6 Å². The molecule has 0 bridgehead atoms. The molecule has 3 nitrogen and oxygen atoms in total. The maximum Gasteiger partial charge on any atom is 0.0930 e. The Morgan fingerprint density at radius 1 is 1.70 bits per heavy atom. The summed E-state index contributed by atoms with van der Waals surface area (Å²) in [5, 5.41) is 11.8. The fraction of sp³-hybridized carbons (Fsp3) is 1.00. The Morgan fingerprint density at radius 3 is 2.80 bits per heavy atom. The van der Waals surface area contributed by atoms with E-state index in [0.717, 1.165) is 6.54 Å². The van der Waals surface area contributed by atoms with Crippen LogP contribution in [0, 0.1) is 0 Å². The molecule has 1 aliphatic heterocycles. The topological polar surface area (TPSA) is 41.5 Å². The highest BCUT2D eigenvalue weighted by Crippen LogP contribution is 1.98. The number of aliphatic hydroxyl groups excluding tert-OH is 1. The summed E-state index contributed by atoms with van der Waals surface area (Å²) in [5.41, 5.74) is 0. The van der Waals surface area contributed by atoms with Crippen LogP contribution < -0.4 is 5.32 Å². The van der Waals surface area contributed by atoms with Gasteiger partial charge in [-0.05, 0) is 6.92 Å². The second kappa shape index (κ2) is 4.91. The predicted octanol–water partition coefficient (Wildman–Crippen LogP) is -0.223. The van der Waals surface area contributed by atoms with Crippen molar-refractivity contribution in [2.24, 2.45) is 0 Å². The van der Waals surface area contributed by atoms with Gasteiger partial charge in [0.05, 0.1) is 19.3 Å². The van der Waals surface area contributed by atoms with Gasteiger partial charge in [-0.25, -0.2) is 0 Å². The van der Waals surface area contributed by atoms with Crippen molar-refractivity contribution < 1.29 is 9.84 Å². The SMILES string of the molecule is CC1CO[C@H](CO)CN1.Cl. The van der Waals surface area contributed by atoms with Gasteiger partial charge >= 0.3 is 0 Å². The van der Waals surface area contributed by atoms with Crippen LogP contribution in [-0.4, -0.2) is 37.0 Å². The third kappa shape index (κ3) is 2.84. The minimum Gasteiger partial charge on any atom is -0.394 e. The van der Waals surface area contributed by atoms with Gasteiger partial charge in [-0.2, -0.15) is 0 Å². The molecule has 0 aromatic heterocycles. The first-order valence-corrected chi connectivity index (χ1v) is 3.28. The fourth-order valence-corrected chi connectivity index (χ4v) is 0.848. The quantitative estimate of drug-likeness (QED) is 0.568. The predicted molar refractivity (Wildman–Crippen MR) is 41.5 cm³/mol. The van der Waals surface area contributed by atoms with Crippen LogP contribution in [0.3, 0.4) is 0 Å². The highest BCUT2D eigenvalue weighted by atomic mass is 35.5. The van der Waals surface area contributed by atoms with E-state index in [4.69, 9.17) is 9.84 Å². The van der Waals surface area contributed by atoms with E-state index < -0.39 is 0 Å². The monoisotopic (exact) mass is 167 g/mol. The molecule has 2 atom stereocenters. The van der Waals surface area contributed by atoms with E-state index >= 15 is 0 Å². The van der Waals surface area contributed by atoms with Crippen molar-refractivity contribution in [1.82, 2.24) is 5.32 Å². The van der Waals surface area contributed by atoms with Crippen molar-refractivity contribution in [2.75, 3.05) is 19.8 Å². The average Bonchev–Trinajstić information content (AvgIpc) is 1.90. The Balaban J connectivity index is 0.000000810.